The van der Waals surface area contributed by atoms with Crippen LogP contribution in [0.4, 0.5) is 0 Å². The Kier molecular flexibility index (Phi) is 4.12. The van der Waals surface area contributed by atoms with Crippen molar-refractivity contribution in [3.05, 3.63) is 34.5 Å². The highest BCUT2D eigenvalue weighted by molar-refractivity contribution is 7.89. The fourth-order valence-electron chi connectivity index (χ4n) is 1.35. The van der Waals surface area contributed by atoms with Gasteiger partial charge in [0.1, 0.15) is 5.76 Å². The molecule has 2 heterocycles. The van der Waals surface area contributed by atoms with Crippen molar-refractivity contribution < 1.29 is 12.8 Å². The van der Waals surface area contributed by atoms with E-state index in [-0.39, 0.29) is 18.2 Å². The van der Waals surface area contributed by atoms with Gasteiger partial charge in [0.15, 0.2) is 0 Å². The van der Waals surface area contributed by atoms with Crippen molar-refractivity contribution in [2.75, 3.05) is 6.54 Å². The summed E-state index contributed by atoms with van der Waals surface area (Å²) in [6.07, 6.45) is 2.25. The maximum atomic E-state index is 11.8. The van der Waals surface area contributed by atoms with Crippen LogP contribution in [-0.2, 0) is 23.0 Å². The Bertz CT molecular complexity index is 590. The zero-order valence-corrected chi connectivity index (χ0v) is 11.1. The number of hydrogen-bond donors (Lipinski definition) is 2. The van der Waals surface area contributed by atoms with E-state index >= 15 is 0 Å². The van der Waals surface area contributed by atoms with E-state index < -0.39 is 10.0 Å². The van der Waals surface area contributed by atoms with Gasteiger partial charge in [-0.05, 0) is 12.1 Å². The van der Waals surface area contributed by atoms with Crippen molar-refractivity contribution in [2.45, 2.75) is 18.1 Å². The monoisotopic (exact) mass is 287 g/mol. The van der Waals surface area contributed by atoms with Crippen molar-refractivity contribution in [3.63, 3.8) is 0 Å². The van der Waals surface area contributed by atoms with E-state index in [1.54, 1.807) is 12.3 Å². The Morgan fingerprint density at radius 2 is 2.28 bits per heavy atom. The van der Waals surface area contributed by atoms with Gasteiger partial charge in [0.25, 0.3) is 10.0 Å². The van der Waals surface area contributed by atoms with Gasteiger partial charge in [-0.15, -0.1) is 11.3 Å². The maximum Gasteiger partial charge on any atom is 0.273 e. The summed E-state index contributed by atoms with van der Waals surface area (Å²) in [4.78, 5) is 4.07. The fraction of sp³-hybridized carbons (Fsp3) is 0.300. The molecule has 0 aliphatic rings. The first-order valence-electron chi connectivity index (χ1n) is 5.28. The molecule has 0 spiro atoms. The van der Waals surface area contributed by atoms with Crippen LogP contribution in [0.5, 0.6) is 0 Å². The molecule has 0 radical (unpaired) electrons. The van der Waals surface area contributed by atoms with Gasteiger partial charge in [0.05, 0.1) is 11.6 Å². The normalized spacial score (nSPS) is 11.8. The fourth-order valence-corrected chi connectivity index (χ4v) is 2.95. The molecule has 0 fully saturated rings. The highest BCUT2D eigenvalue weighted by atomic mass is 32.2. The standard InChI is InChI=1S/C10H13N3O3S2/c11-7-8-1-2-10(16-8)18(14,15)13-4-3-9-12-5-6-17-9/h1-2,5-6,13H,3-4,7,11H2. The van der Waals surface area contributed by atoms with Crippen LogP contribution in [-0.4, -0.2) is 19.9 Å². The Morgan fingerprint density at radius 1 is 1.44 bits per heavy atom. The van der Waals surface area contributed by atoms with Gasteiger partial charge in [-0.25, -0.2) is 18.1 Å². The molecule has 2 rings (SSSR count). The summed E-state index contributed by atoms with van der Waals surface area (Å²) in [6.45, 7) is 0.461. The molecular formula is C10H13N3O3S2. The van der Waals surface area contributed by atoms with Crippen molar-refractivity contribution in [1.82, 2.24) is 9.71 Å². The minimum Gasteiger partial charge on any atom is -0.447 e. The zero-order chi connectivity index (χ0) is 13.0. The summed E-state index contributed by atoms with van der Waals surface area (Å²) in [5.41, 5.74) is 5.35. The number of aromatic nitrogens is 1. The number of furan rings is 1. The quantitative estimate of drug-likeness (QED) is 0.815. The second-order valence-electron chi connectivity index (χ2n) is 3.50. The molecule has 0 aliphatic carbocycles. The van der Waals surface area contributed by atoms with Crippen LogP contribution in [0.15, 0.2) is 33.2 Å². The number of nitrogens with two attached hydrogens (primary N) is 1. The smallest absolute Gasteiger partial charge is 0.273 e. The topological polar surface area (TPSA) is 98.2 Å². The zero-order valence-electron chi connectivity index (χ0n) is 9.50. The van der Waals surface area contributed by atoms with Gasteiger partial charge >= 0.3 is 0 Å². The van der Waals surface area contributed by atoms with E-state index in [0.717, 1.165) is 5.01 Å². The molecule has 98 valence electrons. The molecule has 0 saturated heterocycles. The van der Waals surface area contributed by atoms with E-state index in [1.807, 2.05) is 5.38 Å². The number of thiazole rings is 1. The van der Waals surface area contributed by atoms with Crippen LogP contribution in [0.1, 0.15) is 10.8 Å². The Hall–Kier alpha value is -1.22. The molecule has 2 aromatic rings. The van der Waals surface area contributed by atoms with Crippen molar-refractivity contribution in [3.8, 4) is 0 Å². The third kappa shape index (κ3) is 3.16. The van der Waals surface area contributed by atoms with Gasteiger partial charge in [-0.2, -0.15) is 0 Å². The van der Waals surface area contributed by atoms with Crippen LogP contribution >= 0.6 is 11.3 Å². The predicted molar refractivity (Wildman–Crippen MR) is 67.6 cm³/mol. The second kappa shape index (κ2) is 5.61. The molecule has 0 saturated carbocycles. The SMILES string of the molecule is NCc1ccc(S(=O)(=O)NCCc2nccs2)o1. The molecule has 2 aromatic heterocycles. The summed E-state index contributed by atoms with van der Waals surface area (Å²) in [6, 6.07) is 2.95. The maximum absolute atomic E-state index is 11.8. The molecule has 0 aromatic carbocycles. The summed E-state index contributed by atoms with van der Waals surface area (Å²) >= 11 is 1.49. The average molecular weight is 287 g/mol. The van der Waals surface area contributed by atoms with Crippen LogP contribution in [0.25, 0.3) is 0 Å². The molecule has 6 nitrogen and oxygen atoms in total. The third-order valence-corrected chi connectivity index (χ3v) is 4.39. The van der Waals surface area contributed by atoms with Crippen molar-refractivity contribution in [2.24, 2.45) is 5.73 Å². The Labute approximate surface area is 109 Å². The van der Waals surface area contributed by atoms with Gasteiger partial charge in [-0.3, -0.25) is 0 Å². The van der Waals surface area contributed by atoms with Crippen molar-refractivity contribution in [1.29, 1.82) is 0 Å². The summed E-state index contributed by atoms with van der Waals surface area (Å²) in [5.74, 6) is 0.440. The number of rotatable bonds is 6. The van der Waals surface area contributed by atoms with Crippen LogP contribution in [0, 0.1) is 0 Å². The van der Waals surface area contributed by atoms with Crippen LogP contribution < -0.4 is 10.5 Å². The molecule has 0 atom stereocenters. The lowest BCUT2D eigenvalue weighted by atomic mass is 10.5. The summed E-state index contributed by atoms with van der Waals surface area (Å²) < 4.78 is 31.2. The number of hydrogen-bond acceptors (Lipinski definition) is 6. The first kappa shape index (κ1) is 13.2. The highest BCUT2D eigenvalue weighted by Crippen LogP contribution is 2.13. The first-order valence-corrected chi connectivity index (χ1v) is 7.65. The summed E-state index contributed by atoms with van der Waals surface area (Å²) in [7, 11) is -3.60. The molecule has 0 bridgehead atoms. The van der Waals surface area contributed by atoms with Gasteiger partial charge < -0.3 is 10.2 Å². The Balaban J connectivity index is 1.95. The third-order valence-electron chi connectivity index (χ3n) is 2.22. The van der Waals surface area contributed by atoms with Gasteiger partial charge in [-0.1, -0.05) is 0 Å². The summed E-state index contributed by atoms with van der Waals surface area (Å²) in [5, 5.41) is 2.63. The highest BCUT2D eigenvalue weighted by Gasteiger charge is 2.17. The van der Waals surface area contributed by atoms with Crippen LogP contribution in [0.3, 0.4) is 0 Å². The minimum atomic E-state index is -3.60. The van der Waals surface area contributed by atoms with Gasteiger partial charge in [0, 0.05) is 24.5 Å². The van der Waals surface area contributed by atoms with Crippen LogP contribution in [0.2, 0.25) is 0 Å². The molecule has 0 amide bonds. The largest absolute Gasteiger partial charge is 0.447 e. The number of nitrogens with one attached hydrogen (secondary N) is 1. The van der Waals surface area contributed by atoms with Gasteiger partial charge in [0.2, 0.25) is 5.09 Å². The lowest BCUT2D eigenvalue weighted by Gasteiger charge is -2.02. The molecule has 0 aliphatic heterocycles. The predicted octanol–water partition coefficient (Wildman–Crippen LogP) is 0.716. The average Bonchev–Trinajstić information content (AvgIpc) is 2.99. The van der Waals surface area contributed by atoms with E-state index in [2.05, 4.69) is 9.71 Å². The molecule has 3 N–H and O–H groups in total. The van der Waals surface area contributed by atoms with E-state index in [9.17, 15) is 8.42 Å². The van der Waals surface area contributed by atoms with E-state index in [1.165, 1.54) is 17.4 Å². The second-order valence-corrected chi connectivity index (χ2v) is 6.18. The van der Waals surface area contributed by atoms with E-state index in [0.29, 0.717) is 12.2 Å². The number of nitrogens with zero attached hydrogens (tertiary/aromatic N) is 1. The number of sulfonamides is 1. The minimum absolute atomic E-state index is 0.109. The lowest BCUT2D eigenvalue weighted by molar-refractivity contribution is 0.413. The van der Waals surface area contributed by atoms with E-state index in [4.69, 9.17) is 10.2 Å². The lowest BCUT2D eigenvalue weighted by Crippen LogP contribution is -2.25. The Morgan fingerprint density at radius 3 is 2.89 bits per heavy atom. The molecule has 0 unspecified atom stereocenters. The molecule has 18 heavy (non-hydrogen) atoms. The molecular weight excluding hydrogens is 274 g/mol. The van der Waals surface area contributed by atoms with Crippen molar-refractivity contribution >= 4 is 21.4 Å². The first-order chi connectivity index (χ1) is 8.62. The molecule has 8 heteroatoms.